The van der Waals surface area contributed by atoms with E-state index in [0.717, 1.165) is 40.3 Å². The van der Waals surface area contributed by atoms with Crippen LogP contribution in [0.15, 0.2) is 24.3 Å². The largest absolute Gasteiger partial charge is 0.480 e. The highest BCUT2D eigenvalue weighted by molar-refractivity contribution is 6.32. The van der Waals surface area contributed by atoms with Crippen molar-refractivity contribution in [2.75, 3.05) is 39.8 Å². The molecule has 0 spiro atoms. The van der Waals surface area contributed by atoms with Gasteiger partial charge in [0.05, 0.1) is 35.5 Å². The fourth-order valence-electron chi connectivity index (χ4n) is 3.41. The molecular formula is C19H24ClN3O3. The highest BCUT2D eigenvalue weighted by atomic mass is 35.5. The van der Waals surface area contributed by atoms with Gasteiger partial charge in [0.25, 0.3) is 0 Å². The Morgan fingerprint density at radius 3 is 3.00 bits per heavy atom. The first-order valence-electron chi connectivity index (χ1n) is 8.72. The average Bonchev–Trinajstić information content (AvgIpc) is 2.59. The van der Waals surface area contributed by atoms with Crippen LogP contribution in [0.3, 0.4) is 0 Å². The molecule has 0 radical (unpaired) electrons. The summed E-state index contributed by atoms with van der Waals surface area (Å²) in [6, 6.07) is 8.02. The van der Waals surface area contributed by atoms with Crippen molar-refractivity contribution in [2.45, 2.75) is 19.6 Å². The van der Waals surface area contributed by atoms with Gasteiger partial charge in [-0.15, -0.1) is 0 Å². The molecule has 26 heavy (non-hydrogen) atoms. The summed E-state index contributed by atoms with van der Waals surface area (Å²) in [7, 11) is 1.79. The van der Waals surface area contributed by atoms with Gasteiger partial charge in [-0.25, -0.2) is 4.98 Å². The Hall–Kier alpha value is -1.73. The molecule has 1 fully saturated rings. The molecule has 1 aliphatic rings. The van der Waals surface area contributed by atoms with E-state index >= 15 is 0 Å². The van der Waals surface area contributed by atoms with E-state index in [1.54, 1.807) is 11.9 Å². The van der Waals surface area contributed by atoms with Crippen molar-refractivity contribution >= 4 is 28.5 Å². The predicted molar refractivity (Wildman–Crippen MR) is 102 cm³/mol. The lowest BCUT2D eigenvalue weighted by atomic mass is 10.1. The quantitative estimate of drug-likeness (QED) is 0.834. The summed E-state index contributed by atoms with van der Waals surface area (Å²) < 4.78 is 5.79. The van der Waals surface area contributed by atoms with E-state index in [9.17, 15) is 4.79 Å². The van der Waals surface area contributed by atoms with Crippen LogP contribution in [0.4, 0.5) is 0 Å². The zero-order chi connectivity index (χ0) is 18.7. The third-order valence-corrected chi connectivity index (χ3v) is 5.16. The molecule has 6 nitrogen and oxygen atoms in total. The number of aryl methyl sites for hydroxylation is 1. The number of para-hydroxylation sites is 1. The number of fused-ring (bicyclic) bond motifs is 1. The first-order valence-corrected chi connectivity index (χ1v) is 9.10. The molecule has 0 aliphatic carbocycles. The highest BCUT2D eigenvalue weighted by Crippen LogP contribution is 2.28. The number of ether oxygens (including phenoxy) is 1. The van der Waals surface area contributed by atoms with Crippen molar-refractivity contribution in [2.24, 2.45) is 0 Å². The van der Waals surface area contributed by atoms with Gasteiger partial charge >= 0.3 is 5.97 Å². The molecule has 0 amide bonds. The topological polar surface area (TPSA) is 65.9 Å². The zero-order valence-corrected chi connectivity index (χ0v) is 15.9. The summed E-state index contributed by atoms with van der Waals surface area (Å²) in [6.45, 7) is 5.44. The highest BCUT2D eigenvalue weighted by Gasteiger charge is 2.24. The molecule has 2 heterocycles. The number of aliphatic carboxylic acids is 1. The minimum Gasteiger partial charge on any atom is -0.480 e. The molecule has 1 aromatic carbocycles. The number of hydrogen-bond acceptors (Lipinski definition) is 5. The number of morpholine rings is 1. The molecule has 1 unspecified atom stereocenters. The van der Waals surface area contributed by atoms with Crippen molar-refractivity contribution < 1.29 is 14.6 Å². The monoisotopic (exact) mass is 377 g/mol. The molecule has 3 rings (SSSR count). The van der Waals surface area contributed by atoms with Crippen LogP contribution in [0.5, 0.6) is 0 Å². The van der Waals surface area contributed by atoms with E-state index in [4.69, 9.17) is 26.4 Å². The van der Waals surface area contributed by atoms with Gasteiger partial charge in [-0.1, -0.05) is 29.8 Å². The number of carbonyl (C=O) groups is 1. The second-order valence-electron chi connectivity index (χ2n) is 6.83. The number of hydrogen-bond donors (Lipinski definition) is 1. The fraction of sp³-hybridized carbons (Fsp3) is 0.474. The number of benzene rings is 1. The van der Waals surface area contributed by atoms with Crippen LogP contribution in [0.25, 0.3) is 10.9 Å². The lowest BCUT2D eigenvalue weighted by molar-refractivity contribution is -0.138. The Kier molecular flexibility index (Phi) is 6.09. The third-order valence-electron chi connectivity index (χ3n) is 4.66. The van der Waals surface area contributed by atoms with Crippen LogP contribution in [0, 0.1) is 6.92 Å². The number of nitrogens with zero attached hydrogens (tertiary/aromatic N) is 3. The van der Waals surface area contributed by atoms with Gasteiger partial charge < -0.3 is 9.84 Å². The van der Waals surface area contributed by atoms with Gasteiger partial charge in [0.2, 0.25) is 0 Å². The molecule has 1 atom stereocenters. The molecule has 0 bridgehead atoms. The Labute approximate surface area is 158 Å². The number of rotatable bonds is 6. The van der Waals surface area contributed by atoms with Gasteiger partial charge in [-0.3, -0.25) is 14.6 Å². The van der Waals surface area contributed by atoms with Gasteiger partial charge in [0.1, 0.15) is 0 Å². The van der Waals surface area contributed by atoms with Gasteiger partial charge in [0, 0.05) is 31.6 Å². The zero-order valence-electron chi connectivity index (χ0n) is 15.1. The molecular weight excluding hydrogens is 354 g/mol. The van der Waals surface area contributed by atoms with Crippen molar-refractivity contribution in [3.8, 4) is 0 Å². The van der Waals surface area contributed by atoms with Crippen molar-refractivity contribution in [1.82, 2.24) is 14.8 Å². The normalized spacial score (nSPS) is 18.5. The molecule has 140 valence electrons. The number of carboxylic acids is 1. The van der Waals surface area contributed by atoms with Gasteiger partial charge in [-0.2, -0.15) is 0 Å². The smallest absolute Gasteiger partial charge is 0.317 e. The van der Waals surface area contributed by atoms with Crippen LogP contribution in [-0.4, -0.2) is 71.8 Å². The van der Waals surface area contributed by atoms with Gasteiger partial charge in [-0.05, 0) is 25.6 Å². The molecule has 1 saturated heterocycles. The summed E-state index contributed by atoms with van der Waals surface area (Å²) in [5, 5.41) is 10.7. The Bertz CT molecular complexity index is 799. The Balaban J connectivity index is 1.69. The summed E-state index contributed by atoms with van der Waals surface area (Å²) in [5.74, 6) is -0.831. The van der Waals surface area contributed by atoms with Crippen LogP contribution >= 0.6 is 11.6 Å². The van der Waals surface area contributed by atoms with E-state index in [2.05, 4.69) is 4.90 Å². The predicted octanol–water partition coefficient (Wildman–Crippen LogP) is 2.41. The summed E-state index contributed by atoms with van der Waals surface area (Å²) in [6.07, 6.45) is -0.0200. The standard InChI is InChI=1S/C19H24ClN3O3/c1-13-15-5-3-4-6-16(15)21-17(19(13)20)11-23-7-8-26-14(10-23)9-22(2)12-18(24)25/h3-6,14H,7-12H2,1-2H3,(H,24,25). The second kappa shape index (κ2) is 8.31. The van der Waals surface area contributed by atoms with E-state index < -0.39 is 5.97 Å². The van der Waals surface area contributed by atoms with Crippen LogP contribution in [0.1, 0.15) is 11.3 Å². The first kappa shape index (κ1) is 19.0. The summed E-state index contributed by atoms with van der Waals surface area (Å²) >= 11 is 6.58. The number of carboxylic acid groups (broad SMARTS) is 1. The number of likely N-dealkylation sites (N-methyl/N-ethyl adjacent to an activating group) is 1. The molecule has 1 N–H and O–H groups in total. The van der Waals surface area contributed by atoms with Crippen LogP contribution < -0.4 is 0 Å². The number of halogens is 1. The van der Waals surface area contributed by atoms with Crippen molar-refractivity contribution in [3.05, 3.63) is 40.5 Å². The fourth-order valence-corrected chi connectivity index (χ4v) is 3.62. The molecule has 0 saturated carbocycles. The maximum Gasteiger partial charge on any atom is 0.317 e. The maximum atomic E-state index is 10.8. The third kappa shape index (κ3) is 4.51. The van der Waals surface area contributed by atoms with Crippen molar-refractivity contribution in [1.29, 1.82) is 0 Å². The van der Waals surface area contributed by atoms with Crippen LogP contribution in [-0.2, 0) is 16.1 Å². The lowest BCUT2D eigenvalue weighted by Crippen LogP contribution is -2.47. The SMILES string of the molecule is Cc1c(Cl)c(CN2CCOC(CN(C)CC(=O)O)C2)nc2ccccc12. The first-order chi connectivity index (χ1) is 12.4. The Morgan fingerprint density at radius 2 is 2.23 bits per heavy atom. The summed E-state index contributed by atoms with van der Waals surface area (Å²) in [4.78, 5) is 19.6. The number of pyridine rings is 1. The minimum absolute atomic E-state index is 0.0110. The van der Waals surface area contributed by atoms with Gasteiger partial charge in [0.15, 0.2) is 0 Å². The van der Waals surface area contributed by atoms with E-state index in [1.165, 1.54) is 0 Å². The van der Waals surface area contributed by atoms with E-state index in [1.807, 2.05) is 31.2 Å². The molecule has 7 heteroatoms. The Morgan fingerprint density at radius 1 is 1.46 bits per heavy atom. The molecule has 2 aromatic rings. The lowest BCUT2D eigenvalue weighted by Gasteiger charge is -2.34. The number of aromatic nitrogens is 1. The summed E-state index contributed by atoms with van der Waals surface area (Å²) in [5.41, 5.74) is 2.89. The second-order valence-corrected chi connectivity index (χ2v) is 7.21. The maximum absolute atomic E-state index is 10.8. The van der Waals surface area contributed by atoms with E-state index in [0.29, 0.717) is 19.7 Å². The van der Waals surface area contributed by atoms with Crippen molar-refractivity contribution in [3.63, 3.8) is 0 Å². The molecule has 1 aromatic heterocycles. The average molecular weight is 378 g/mol. The van der Waals surface area contributed by atoms with Crippen LogP contribution in [0.2, 0.25) is 5.02 Å². The van der Waals surface area contributed by atoms with E-state index in [-0.39, 0.29) is 12.6 Å². The minimum atomic E-state index is -0.831. The molecule has 1 aliphatic heterocycles.